The Kier molecular flexibility index (Phi) is 5.65. The molecule has 3 heterocycles. The normalized spacial score (nSPS) is 16.2. The number of furan rings is 1. The molecule has 1 aliphatic heterocycles. The lowest BCUT2D eigenvalue weighted by atomic mass is 10.0. The van der Waals surface area contributed by atoms with Crippen LogP contribution in [0.4, 0.5) is 5.69 Å². The summed E-state index contributed by atoms with van der Waals surface area (Å²) in [6.07, 6.45) is 4.56. The van der Waals surface area contributed by atoms with Crippen molar-refractivity contribution < 1.29 is 14.0 Å². The topological polar surface area (TPSA) is 97.4 Å². The molecule has 0 spiro atoms. The quantitative estimate of drug-likeness (QED) is 0.496. The average Bonchev–Trinajstić information content (AvgIpc) is 3.22. The number of hydrogen-bond donors (Lipinski definition) is 1. The Labute approximate surface area is 196 Å². The van der Waals surface area contributed by atoms with Crippen molar-refractivity contribution in [1.29, 1.82) is 0 Å². The van der Waals surface area contributed by atoms with Crippen LogP contribution in [0.15, 0.2) is 58.0 Å². The van der Waals surface area contributed by atoms with Gasteiger partial charge in [-0.2, -0.15) is 0 Å². The number of anilines is 1. The van der Waals surface area contributed by atoms with Gasteiger partial charge in [0.2, 0.25) is 11.5 Å². The number of fused-ring (bicyclic) bond motifs is 3. The molecule has 174 valence electrons. The van der Waals surface area contributed by atoms with E-state index in [1.165, 1.54) is 10.9 Å². The molecule has 34 heavy (non-hydrogen) atoms. The standard InChI is InChI=1S/C26H26N4O4/c1-16-13-18(25(32)30-12-6-5-7-17(30)2)10-11-20(16)28-22(31)14-29-15-27-23-19-8-3-4-9-21(19)34-24(23)26(29)33/h3-4,8-11,13,15,17H,5-7,12,14H2,1-2H3,(H,28,31). The summed E-state index contributed by atoms with van der Waals surface area (Å²) in [5, 5.41) is 3.59. The van der Waals surface area contributed by atoms with Crippen LogP contribution in [0.25, 0.3) is 22.1 Å². The Bertz CT molecular complexity index is 1470. The van der Waals surface area contributed by atoms with Crippen molar-refractivity contribution in [3.05, 3.63) is 70.3 Å². The Morgan fingerprint density at radius 2 is 2.00 bits per heavy atom. The zero-order valence-corrected chi connectivity index (χ0v) is 19.2. The van der Waals surface area contributed by atoms with Gasteiger partial charge in [-0.05, 0) is 69.0 Å². The molecule has 5 rings (SSSR count). The first-order chi connectivity index (χ1) is 16.4. The van der Waals surface area contributed by atoms with Crippen molar-refractivity contribution >= 4 is 39.6 Å². The number of nitrogens with one attached hydrogen (secondary N) is 1. The summed E-state index contributed by atoms with van der Waals surface area (Å²) in [5.74, 6) is -0.351. The summed E-state index contributed by atoms with van der Waals surface area (Å²) >= 11 is 0. The van der Waals surface area contributed by atoms with Gasteiger partial charge in [0.25, 0.3) is 11.5 Å². The number of likely N-dealkylation sites (tertiary alicyclic amines) is 1. The van der Waals surface area contributed by atoms with Crippen LogP contribution < -0.4 is 10.9 Å². The molecule has 1 aliphatic rings. The van der Waals surface area contributed by atoms with Crippen LogP contribution in [0.2, 0.25) is 0 Å². The number of carbonyl (C=O) groups is 2. The van der Waals surface area contributed by atoms with Gasteiger partial charge in [-0.3, -0.25) is 19.0 Å². The molecule has 0 saturated carbocycles. The fourth-order valence-electron chi connectivity index (χ4n) is 4.57. The number of amides is 2. The molecule has 2 aromatic carbocycles. The van der Waals surface area contributed by atoms with Gasteiger partial charge < -0.3 is 14.6 Å². The number of aromatic nitrogens is 2. The largest absolute Gasteiger partial charge is 0.448 e. The van der Waals surface area contributed by atoms with Gasteiger partial charge in [0.05, 0.1) is 6.33 Å². The summed E-state index contributed by atoms with van der Waals surface area (Å²) in [4.78, 5) is 44.7. The zero-order valence-electron chi connectivity index (χ0n) is 19.2. The third-order valence-electron chi connectivity index (χ3n) is 6.48. The monoisotopic (exact) mass is 458 g/mol. The highest BCUT2D eigenvalue weighted by atomic mass is 16.3. The molecule has 1 unspecified atom stereocenters. The fraction of sp³-hybridized carbons (Fsp3) is 0.308. The lowest BCUT2D eigenvalue weighted by molar-refractivity contribution is -0.116. The second-order valence-corrected chi connectivity index (χ2v) is 8.87. The smallest absolute Gasteiger partial charge is 0.297 e. The average molecular weight is 459 g/mol. The van der Waals surface area contributed by atoms with Crippen LogP contribution in [0.3, 0.4) is 0 Å². The molecule has 0 bridgehead atoms. The molecule has 1 N–H and O–H groups in total. The van der Waals surface area contributed by atoms with Crippen molar-refractivity contribution in [2.24, 2.45) is 0 Å². The van der Waals surface area contributed by atoms with E-state index in [4.69, 9.17) is 4.42 Å². The molecular weight excluding hydrogens is 432 g/mol. The van der Waals surface area contributed by atoms with Crippen molar-refractivity contribution in [3.63, 3.8) is 0 Å². The first kappa shape index (κ1) is 21.9. The fourth-order valence-corrected chi connectivity index (χ4v) is 4.57. The van der Waals surface area contributed by atoms with E-state index in [9.17, 15) is 14.4 Å². The highest BCUT2D eigenvalue weighted by molar-refractivity contribution is 6.02. The van der Waals surface area contributed by atoms with Crippen LogP contribution in [0.1, 0.15) is 42.1 Å². The van der Waals surface area contributed by atoms with Gasteiger partial charge in [0.15, 0.2) is 0 Å². The Balaban J connectivity index is 1.32. The minimum Gasteiger partial charge on any atom is -0.448 e. The maximum atomic E-state index is 12.9. The van der Waals surface area contributed by atoms with E-state index in [0.717, 1.165) is 36.8 Å². The maximum Gasteiger partial charge on any atom is 0.297 e. The predicted molar refractivity (Wildman–Crippen MR) is 130 cm³/mol. The van der Waals surface area contributed by atoms with E-state index in [1.54, 1.807) is 24.3 Å². The number of rotatable bonds is 4. The highest BCUT2D eigenvalue weighted by Gasteiger charge is 2.24. The Morgan fingerprint density at radius 1 is 1.18 bits per heavy atom. The second-order valence-electron chi connectivity index (χ2n) is 8.87. The molecule has 1 fully saturated rings. The van der Waals surface area contributed by atoms with Crippen LogP contribution in [0, 0.1) is 6.92 Å². The Hall–Kier alpha value is -3.94. The number of carbonyl (C=O) groups excluding carboxylic acids is 2. The number of nitrogens with zero attached hydrogens (tertiary/aromatic N) is 3. The van der Waals surface area contributed by atoms with Gasteiger partial charge in [-0.25, -0.2) is 4.98 Å². The number of aryl methyl sites for hydroxylation is 1. The van der Waals surface area contributed by atoms with Crippen molar-refractivity contribution in [1.82, 2.24) is 14.5 Å². The van der Waals surface area contributed by atoms with E-state index >= 15 is 0 Å². The second kappa shape index (κ2) is 8.78. The molecule has 1 saturated heterocycles. The summed E-state index contributed by atoms with van der Waals surface area (Å²) in [7, 11) is 0. The Morgan fingerprint density at radius 3 is 2.79 bits per heavy atom. The molecule has 8 nitrogen and oxygen atoms in total. The minimum atomic E-state index is -0.412. The maximum absolute atomic E-state index is 12.9. The predicted octanol–water partition coefficient (Wildman–Crippen LogP) is 4.10. The lowest BCUT2D eigenvalue weighted by Crippen LogP contribution is -2.42. The molecular formula is C26H26N4O4. The van der Waals surface area contributed by atoms with Gasteiger partial charge in [0.1, 0.15) is 17.6 Å². The third kappa shape index (κ3) is 3.96. The van der Waals surface area contributed by atoms with Crippen molar-refractivity contribution in [3.8, 4) is 0 Å². The number of hydrogen-bond acceptors (Lipinski definition) is 5. The van der Waals surface area contributed by atoms with Crippen molar-refractivity contribution in [2.75, 3.05) is 11.9 Å². The van der Waals surface area contributed by atoms with Crippen LogP contribution in [-0.4, -0.2) is 38.9 Å². The van der Waals surface area contributed by atoms with E-state index in [-0.39, 0.29) is 30.0 Å². The zero-order chi connectivity index (χ0) is 23.8. The first-order valence-electron chi connectivity index (χ1n) is 11.5. The van der Waals surface area contributed by atoms with E-state index in [1.807, 2.05) is 30.0 Å². The molecule has 1 atom stereocenters. The summed E-state index contributed by atoms with van der Waals surface area (Å²) in [6, 6.07) is 12.8. The van der Waals surface area contributed by atoms with Gasteiger partial charge in [-0.15, -0.1) is 0 Å². The van der Waals surface area contributed by atoms with Crippen LogP contribution >= 0.6 is 0 Å². The molecule has 0 aliphatic carbocycles. The van der Waals surface area contributed by atoms with Gasteiger partial charge in [0, 0.05) is 29.2 Å². The van der Waals surface area contributed by atoms with E-state index in [0.29, 0.717) is 22.4 Å². The minimum absolute atomic E-state index is 0.0185. The first-order valence-corrected chi connectivity index (χ1v) is 11.5. The molecule has 2 aromatic heterocycles. The molecule has 2 amide bonds. The SMILES string of the molecule is Cc1cc(C(=O)N2CCCCC2C)ccc1NC(=O)Cn1cnc2c(oc3ccccc32)c1=O. The summed E-state index contributed by atoms with van der Waals surface area (Å²) in [6.45, 7) is 4.50. The number of para-hydroxylation sites is 1. The van der Waals surface area contributed by atoms with Crippen molar-refractivity contribution in [2.45, 2.75) is 45.7 Å². The summed E-state index contributed by atoms with van der Waals surface area (Å²) in [5.41, 5.74) is 2.76. The third-order valence-corrected chi connectivity index (χ3v) is 6.48. The molecule has 8 heteroatoms. The molecule has 0 radical (unpaired) electrons. The number of piperidine rings is 1. The summed E-state index contributed by atoms with van der Waals surface area (Å²) < 4.78 is 6.90. The molecule has 4 aromatic rings. The van der Waals surface area contributed by atoms with Gasteiger partial charge in [-0.1, -0.05) is 12.1 Å². The number of benzene rings is 2. The van der Waals surface area contributed by atoms with Crippen LogP contribution in [0.5, 0.6) is 0 Å². The van der Waals surface area contributed by atoms with E-state index < -0.39 is 5.56 Å². The van der Waals surface area contributed by atoms with Gasteiger partial charge >= 0.3 is 0 Å². The van der Waals surface area contributed by atoms with E-state index in [2.05, 4.69) is 17.2 Å². The van der Waals surface area contributed by atoms with Crippen LogP contribution in [-0.2, 0) is 11.3 Å². The lowest BCUT2D eigenvalue weighted by Gasteiger charge is -2.33. The highest BCUT2D eigenvalue weighted by Crippen LogP contribution is 2.24.